The van der Waals surface area contributed by atoms with Crippen LogP contribution >= 0.6 is 0 Å². The van der Waals surface area contributed by atoms with Crippen LogP contribution in [0.1, 0.15) is 37.4 Å². The number of rotatable bonds is 5. The number of aromatic nitrogens is 1. The van der Waals surface area contributed by atoms with Gasteiger partial charge in [0, 0.05) is 22.8 Å². The average molecular weight is 278 g/mol. The molecule has 1 aromatic heterocycles. The molecule has 0 fully saturated rings. The Hall–Kier alpha value is -2.22. The number of H-pyrrole nitrogens is 1. The topological polar surface area (TPSA) is 27.8 Å². The molecule has 1 atom stereocenters. The Balaban J connectivity index is 1.82. The third-order valence-electron chi connectivity index (χ3n) is 4.09. The maximum Gasteiger partial charge on any atom is 0.0511 e. The minimum atomic E-state index is 0.354. The number of nitrogens with one attached hydrogen (secondary N) is 2. The maximum atomic E-state index is 3.65. The zero-order valence-corrected chi connectivity index (χ0v) is 12.7. The molecule has 0 spiro atoms. The normalized spacial score (nSPS) is 12.5. The first-order valence-electron chi connectivity index (χ1n) is 7.72. The molecule has 0 aliphatic heterocycles. The van der Waals surface area contributed by atoms with Gasteiger partial charge in [0.25, 0.3) is 0 Å². The van der Waals surface area contributed by atoms with Crippen LogP contribution in [0, 0.1) is 0 Å². The van der Waals surface area contributed by atoms with Gasteiger partial charge in [-0.15, -0.1) is 0 Å². The van der Waals surface area contributed by atoms with Crippen LogP contribution in [-0.2, 0) is 6.42 Å². The molecule has 2 nitrogen and oxygen atoms in total. The highest BCUT2D eigenvalue weighted by Crippen LogP contribution is 2.25. The number of fused-ring (bicyclic) bond motifs is 1. The molecule has 1 unspecified atom stereocenters. The number of aromatic amines is 1. The monoisotopic (exact) mass is 278 g/mol. The first-order chi connectivity index (χ1) is 10.3. The van der Waals surface area contributed by atoms with Gasteiger partial charge in [-0.3, -0.25) is 0 Å². The minimum Gasteiger partial charge on any atom is -0.378 e. The second kappa shape index (κ2) is 6.04. The summed E-state index contributed by atoms with van der Waals surface area (Å²) >= 11 is 0. The fourth-order valence-corrected chi connectivity index (χ4v) is 2.75. The minimum absolute atomic E-state index is 0.354. The zero-order chi connectivity index (χ0) is 14.7. The van der Waals surface area contributed by atoms with E-state index in [0.29, 0.717) is 6.04 Å². The highest BCUT2D eigenvalue weighted by Gasteiger charge is 2.09. The predicted octanol–water partition coefficient (Wildman–Crippen LogP) is 5.29. The Morgan fingerprint density at radius 3 is 2.52 bits per heavy atom. The van der Waals surface area contributed by atoms with Crippen molar-refractivity contribution < 1.29 is 0 Å². The van der Waals surface area contributed by atoms with Gasteiger partial charge in [0.1, 0.15) is 0 Å². The Morgan fingerprint density at radius 1 is 1.00 bits per heavy atom. The van der Waals surface area contributed by atoms with E-state index in [2.05, 4.69) is 72.7 Å². The van der Waals surface area contributed by atoms with Crippen molar-refractivity contribution in [1.82, 2.24) is 4.98 Å². The first kappa shape index (κ1) is 13.7. The van der Waals surface area contributed by atoms with Gasteiger partial charge >= 0.3 is 0 Å². The molecule has 0 aliphatic rings. The van der Waals surface area contributed by atoms with Gasteiger partial charge in [-0.1, -0.05) is 38.1 Å². The van der Waals surface area contributed by atoms with E-state index in [-0.39, 0.29) is 0 Å². The van der Waals surface area contributed by atoms with Crippen molar-refractivity contribution in [1.29, 1.82) is 0 Å². The molecule has 1 heterocycles. The molecule has 3 rings (SSSR count). The number of hydrogen-bond donors (Lipinski definition) is 2. The van der Waals surface area contributed by atoms with Crippen LogP contribution in [-0.4, -0.2) is 4.98 Å². The Kier molecular flexibility index (Phi) is 3.96. The van der Waals surface area contributed by atoms with E-state index < -0.39 is 0 Å². The molecule has 0 saturated carbocycles. The molecule has 21 heavy (non-hydrogen) atoms. The van der Waals surface area contributed by atoms with Crippen LogP contribution < -0.4 is 5.32 Å². The summed E-state index contributed by atoms with van der Waals surface area (Å²) in [6.45, 7) is 4.41. The lowest BCUT2D eigenvalue weighted by Crippen LogP contribution is -2.09. The second-order valence-electron chi connectivity index (χ2n) is 5.48. The summed E-state index contributed by atoms with van der Waals surface area (Å²) in [4.78, 5) is 3.23. The van der Waals surface area contributed by atoms with Crippen LogP contribution in [0.15, 0.2) is 54.7 Å². The van der Waals surface area contributed by atoms with Gasteiger partial charge in [-0.05, 0) is 48.2 Å². The van der Waals surface area contributed by atoms with Crippen molar-refractivity contribution in [3.8, 4) is 0 Å². The van der Waals surface area contributed by atoms with E-state index >= 15 is 0 Å². The van der Waals surface area contributed by atoms with Crippen LogP contribution in [0.25, 0.3) is 10.9 Å². The van der Waals surface area contributed by atoms with Crippen molar-refractivity contribution in [3.05, 3.63) is 65.9 Å². The third-order valence-corrected chi connectivity index (χ3v) is 4.09. The van der Waals surface area contributed by atoms with Gasteiger partial charge in [-0.25, -0.2) is 0 Å². The smallest absolute Gasteiger partial charge is 0.0511 e. The van der Waals surface area contributed by atoms with Crippen molar-refractivity contribution in [2.24, 2.45) is 0 Å². The molecule has 0 aliphatic carbocycles. The molecular weight excluding hydrogens is 256 g/mol. The average Bonchev–Trinajstić information content (AvgIpc) is 3.00. The molecule has 0 bridgehead atoms. The molecule has 0 saturated heterocycles. The Labute approximate surface area is 126 Å². The Bertz CT molecular complexity index is 710. The van der Waals surface area contributed by atoms with Gasteiger partial charge in [0.05, 0.1) is 6.04 Å². The van der Waals surface area contributed by atoms with Crippen LogP contribution in [0.5, 0.6) is 0 Å². The van der Waals surface area contributed by atoms with E-state index in [0.717, 1.165) is 12.8 Å². The largest absolute Gasteiger partial charge is 0.378 e. The van der Waals surface area contributed by atoms with E-state index in [9.17, 15) is 0 Å². The zero-order valence-electron chi connectivity index (χ0n) is 12.7. The lowest BCUT2D eigenvalue weighted by Gasteiger charge is -2.19. The molecular formula is C19H22N2. The van der Waals surface area contributed by atoms with E-state index in [1.165, 1.54) is 27.7 Å². The lowest BCUT2D eigenvalue weighted by molar-refractivity contribution is 0.749. The predicted molar refractivity (Wildman–Crippen MR) is 90.8 cm³/mol. The molecule has 2 N–H and O–H groups in total. The second-order valence-corrected chi connectivity index (χ2v) is 5.48. The van der Waals surface area contributed by atoms with E-state index in [4.69, 9.17) is 0 Å². The summed E-state index contributed by atoms with van der Waals surface area (Å²) < 4.78 is 0. The summed E-state index contributed by atoms with van der Waals surface area (Å²) in [5, 5.41) is 4.90. The highest BCUT2D eigenvalue weighted by molar-refractivity contribution is 5.83. The lowest BCUT2D eigenvalue weighted by atomic mass is 10.0. The van der Waals surface area contributed by atoms with Gasteiger partial charge in [0.2, 0.25) is 0 Å². The molecule has 0 amide bonds. The summed E-state index contributed by atoms with van der Waals surface area (Å²) in [5.41, 5.74) is 5.10. The standard InChI is InChI=1S/C19H22N2/c1-3-14-5-7-15(8-6-14)18(4-2)21-17-9-10-19-16(13-17)11-12-20-19/h5-13,18,20-21H,3-4H2,1-2H3. The third kappa shape index (κ3) is 2.94. The van der Waals surface area contributed by atoms with Crippen molar-refractivity contribution in [3.63, 3.8) is 0 Å². The van der Waals surface area contributed by atoms with Crippen LogP contribution in [0.3, 0.4) is 0 Å². The summed E-state index contributed by atoms with van der Waals surface area (Å²) in [7, 11) is 0. The Morgan fingerprint density at radius 2 is 1.81 bits per heavy atom. The summed E-state index contributed by atoms with van der Waals surface area (Å²) in [5.74, 6) is 0. The van der Waals surface area contributed by atoms with Crippen LogP contribution in [0.4, 0.5) is 5.69 Å². The van der Waals surface area contributed by atoms with Crippen molar-refractivity contribution >= 4 is 16.6 Å². The quantitative estimate of drug-likeness (QED) is 0.651. The molecule has 3 aromatic rings. The van der Waals surface area contributed by atoms with Gasteiger partial charge < -0.3 is 10.3 Å². The van der Waals surface area contributed by atoms with Gasteiger partial charge in [-0.2, -0.15) is 0 Å². The highest BCUT2D eigenvalue weighted by atomic mass is 14.9. The molecule has 0 radical (unpaired) electrons. The van der Waals surface area contributed by atoms with Crippen molar-refractivity contribution in [2.75, 3.05) is 5.32 Å². The molecule has 108 valence electrons. The number of benzene rings is 2. The van der Waals surface area contributed by atoms with E-state index in [1.807, 2.05) is 6.20 Å². The fraction of sp³-hybridized carbons (Fsp3) is 0.263. The van der Waals surface area contributed by atoms with Gasteiger partial charge in [0.15, 0.2) is 0 Å². The molecule has 2 heteroatoms. The van der Waals surface area contributed by atoms with Crippen molar-refractivity contribution in [2.45, 2.75) is 32.7 Å². The summed E-state index contributed by atoms with van der Waals surface area (Å²) in [6, 6.07) is 17.9. The maximum absolute atomic E-state index is 3.65. The number of hydrogen-bond acceptors (Lipinski definition) is 1. The SMILES string of the molecule is CCc1ccc(C(CC)Nc2ccc3[nH]ccc3c2)cc1. The van der Waals surface area contributed by atoms with E-state index in [1.54, 1.807) is 0 Å². The van der Waals surface area contributed by atoms with Crippen LogP contribution in [0.2, 0.25) is 0 Å². The first-order valence-corrected chi connectivity index (χ1v) is 7.72. The molecule has 2 aromatic carbocycles. The number of anilines is 1. The fourth-order valence-electron chi connectivity index (χ4n) is 2.75. The number of aryl methyl sites for hydroxylation is 1. The summed E-state index contributed by atoms with van der Waals surface area (Å²) in [6.07, 6.45) is 4.14.